The van der Waals surface area contributed by atoms with E-state index in [1.807, 2.05) is 35.7 Å². The smallest absolute Gasteiger partial charge is 0.311 e. The molecule has 2 aromatic carbocycles. The van der Waals surface area contributed by atoms with Gasteiger partial charge in [-0.1, -0.05) is 47.7 Å². The fourth-order valence-corrected chi connectivity index (χ4v) is 5.86. The Morgan fingerprint density at radius 3 is 2.64 bits per heavy atom. The van der Waals surface area contributed by atoms with Crippen molar-refractivity contribution in [2.45, 2.75) is 13.0 Å². The molecule has 5 rings (SSSR count). The Morgan fingerprint density at radius 1 is 1.17 bits per heavy atom. The molecular weight excluding hydrogens is 500 g/mol. The highest BCUT2D eigenvalue weighted by Gasteiger charge is 2.33. The number of nitro benzene ring substituents is 1. The number of hydrogen-bond donors (Lipinski definition) is 2. The van der Waals surface area contributed by atoms with Gasteiger partial charge >= 0.3 is 5.69 Å². The van der Waals surface area contributed by atoms with E-state index in [1.165, 1.54) is 40.2 Å². The lowest BCUT2D eigenvalue weighted by Crippen LogP contribution is -2.40. The van der Waals surface area contributed by atoms with E-state index in [4.69, 9.17) is 0 Å². The zero-order chi connectivity index (χ0) is 25.4. The number of nitrogens with one attached hydrogen (secondary N) is 1. The molecule has 1 amide bonds. The summed E-state index contributed by atoms with van der Waals surface area (Å²) in [7, 11) is 0. The highest BCUT2D eigenvalue weighted by Crippen LogP contribution is 2.33. The van der Waals surface area contributed by atoms with E-state index < -0.39 is 28.0 Å². The molecule has 4 aromatic rings. The van der Waals surface area contributed by atoms with E-state index in [0.717, 1.165) is 16.2 Å². The quantitative estimate of drug-likeness (QED) is 0.309. The molecule has 11 heteroatoms. The second-order valence-corrected chi connectivity index (χ2v) is 9.88. The summed E-state index contributed by atoms with van der Waals surface area (Å²) in [5.41, 5.74) is 0.710. The van der Waals surface area contributed by atoms with Crippen LogP contribution in [0.25, 0.3) is 6.08 Å². The first-order valence-corrected chi connectivity index (χ1v) is 12.4. The zero-order valence-corrected chi connectivity index (χ0v) is 20.4. The molecule has 1 aliphatic heterocycles. The normalized spacial score (nSPS) is 15.4. The number of aromatic hydroxyl groups is 1. The highest BCUT2D eigenvalue weighted by molar-refractivity contribution is 7.10. The van der Waals surface area contributed by atoms with Crippen molar-refractivity contribution in [3.63, 3.8) is 0 Å². The molecule has 1 unspecified atom stereocenters. The van der Waals surface area contributed by atoms with E-state index in [2.05, 4.69) is 10.3 Å². The summed E-state index contributed by atoms with van der Waals surface area (Å²) in [6.45, 7) is 1.73. The van der Waals surface area contributed by atoms with Crippen molar-refractivity contribution in [1.82, 2.24) is 4.57 Å². The number of nitrogens with zero attached hydrogens (tertiary/aromatic N) is 3. The van der Waals surface area contributed by atoms with Crippen LogP contribution in [0.5, 0.6) is 5.75 Å². The summed E-state index contributed by atoms with van der Waals surface area (Å²) in [4.78, 5) is 43.3. The monoisotopic (exact) mass is 518 g/mol. The van der Waals surface area contributed by atoms with E-state index in [-0.39, 0.29) is 16.0 Å². The molecule has 0 radical (unpaired) electrons. The van der Waals surface area contributed by atoms with E-state index in [0.29, 0.717) is 21.8 Å². The van der Waals surface area contributed by atoms with Gasteiger partial charge in [-0.25, -0.2) is 4.99 Å². The first-order chi connectivity index (χ1) is 17.3. The van der Waals surface area contributed by atoms with Crippen molar-refractivity contribution in [2.24, 2.45) is 4.99 Å². The molecule has 0 saturated heterocycles. The molecule has 0 spiro atoms. The van der Waals surface area contributed by atoms with Crippen LogP contribution in [-0.4, -0.2) is 20.5 Å². The maximum atomic E-state index is 13.6. The average molecular weight is 519 g/mol. The molecule has 2 aromatic heterocycles. The molecule has 0 aliphatic carbocycles. The summed E-state index contributed by atoms with van der Waals surface area (Å²) >= 11 is 2.50. The van der Waals surface area contributed by atoms with Crippen LogP contribution in [0, 0.1) is 10.1 Å². The van der Waals surface area contributed by atoms with Gasteiger partial charge in [0.2, 0.25) is 5.75 Å². The largest absolute Gasteiger partial charge is 0.502 e. The number of phenolic OH excluding ortho intramolecular Hbond substituents is 1. The SMILES string of the molecule is CC1=C(C(=O)Nc2ccccc2)C(c2cccs2)n2c(s/c(=C\c3cccc([N+](=O)[O-])c3O)c2=O)=N1. The minimum Gasteiger partial charge on any atom is -0.502 e. The van der Waals surface area contributed by atoms with Crippen molar-refractivity contribution >= 4 is 46.0 Å². The molecule has 2 N–H and O–H groups in total. The van der Waals surface area contributed by atoms with E-state index >= 15 is 0 Å². The van der Waals surface area contributed by atoms with Gasteiger partial charge in [0, 0.05) is 22.2 Å². The number of fused-ring (bicyclic) bond motifs is 1. The number of carbonyl (C=O) groups excluding carboxylic acids is 1. The standard InChI is InChI=1S/C25H18N4O5S2/c1-14-20(23(31)27-16-8-3-2-4-9-16)21(18-11-6-12-35-18)28-24(32)19(36-25(28)26-14)13-15-7-5-10-17(22(15)30)29(33)34/h2-13,21,30H,1H3,(H,27,31)/b19-13-. The van der Waals surface area contributed by atoms with Crippen LogP contribution in [0.15, 0.2) is 87.1 Å². The van der Waals surface area contributed by atoms with Gasteiger partial charge in [0.25, 0.3) is 11.5 Å². The molecule has 0 fully saturated rings. The van der Waals surface area contributed by atoms with Gasteiger partial charge in [0.05, 0.1) is 20.7 Å². The Morgan fingerprint density at radius 2 is 1.94 bits per heavy atom. The van der Waals surface area contributed by atoms with Gasteiger partial charge in [-0.3, -0.25) is 24.3 Å². The number of carbonyl (C=O) groups is 1. The van der Waals surface area contributed by atoms with Crippen molar-refractivity contribution < 1.29 is 14.8 Å². The van der Waals surface area contributed by atoms with E-state index in [9.17, 15) is 24.8 Å². The molecule has 1 aliphatic rings. The number of anilines is 1. The number of allylic oxidation sites excluding steroid dienone is 1. The number of nitro groups is 1. The van der Waals surface area contributed by atoms with Crippen LogP contribution in [0.1, 0.15) is 23.4 Å². The predicted octanol–water partition coefficient (Wildman–Crippen LogP) is 3.55. The number of aromatic nitrogens is 1. The third-order valence-corrected chi connectivity index (χ3v) is 7.55. The summed E-state index contributed by atoms with van der Waals surface area (Å²) in [6, 6.07) is 16.1. The second-order valence-electron chi connectivity index (χ2n) is 7.89. The number of hydrogen-bond acceptors (Lipinski definition) is 8. The van der Waals surface area contributed by atoms with Crippen LogP contribution < -0.4 is 20.2 Å². The molecular formula is C25H18N4O5S2. The average Bonchev–Trinajstić information content (AvgIpc) is 3.48. The van der Waals surface area contributed by atoms with Crippen LogP contribution >= 0.6 is 22.7 Å². The summed E-state index contributed by atoms with van der Waals surface area (Å²) in [5.74, 6) is -0.895. The topological polar surface area (TPSA) is 127 Å². The molecule has 9 nitrogen and oxygen atoms in total. The lowest BCUT2D eigenvalue weighted by atomic mass is 10.0. The lowest BCUT2D eigenvalue weighted by Gasteiger charge is -2.24. The Balaban J connectivity index is 1.66. The van der Waals surface area contributed by atoms with Crippen LogP contribution in [0.4, 0.5) is 11.4 Å². The number of amides is 1. The third kappa shape index (κ3) is 4.14. The minimum atomic E-state index is -0.703. The van der Waals surface area contributed by atoms with Gasteiger partial charge in [0.15, 0.2) is 4.80 Å². The van der Waals surface area contributed by atoms with Crippen molar-refractivity contribution in [1.29, 1.82) is 0 Å². The van der Waals surface area contributed by atoms with Crippen molar-refractivity contribution in [3.8, 4) is 5.75 Å². The van der Waals surface area contributed by atoms with Crippen molar-refractivity contribution in [3.05, 3.63) is 118 Å². The maximum absolute atomic E-state index is 13.6. The predicted molar refractivity (Wildman–Crippen MR) is 138 cm³/mol. The summed E-state index contributed by atoms with van der Waals surface area (Å²) in [5, 5.41) is 26.3. The fraction of sp³-hybridized carbons (Fsp3) is 0.0800. The molecule has 36 heavy (non-hydrogen) atoms. The van der Waals surface area contributed by atoms with E-state index in [1.54, 1.807) is 19.1 Å². The molecule has 3 heterocycles. The molecule has 0 bridgehead atoms. The number of para-hydroxylation sites is 2. The van der Waals surface area contributed by atoms with Gasteiger partial charge in [-0.15, -0.1) is 11.3 Å². The van der Waals surface area contributed by atoms with Crippen LogP contribution in [-0.2, 0) is 4.79 Å². The Hall–Kier alpha value is -4.35. The number of phenols is 1. The zero-order valence-electron chi connectivity index (χ0n) is 18.7. The maximum Gasteiger partial charge on any atom is 0.311 e. The number of thiophene rings is 1. The van der Waals surface area contributed by atoms with Crippen molar-refractivity contribution in [2.75, 3.05) is 5.32 Å². The Labute approximate surface area is 211 Å². The fourth-order valence-electron chi connectivity index (χ4n) is 4.00. The number of benzene rings is 2. The molecule has 1 atom stereocenters. The van der Waals surface area contributed by atoms with Crippen LogP contribution in [0.3, 0.4) is 0 Å². The van der Waals surface area contributed by atoms with Gasteiger partial charge < -0.3 is 10.4 Å². The van der Waals surface area contributed by atoms with Crippen LogP contribution in [0.2, 0.25) is 0 Å². The number of thiazole rings is 1. The Bertz CT molecular complexity index is 1700. The highest BCUT2D eigenvalue weighted by atomic mass is 32.1. The first-order valence-electron chi connectivity index (χ1n) is 10.7. The summed E-state index contributed by atoms with van der Waals surface area (Å²) < 4.78 is 1.69. The van der Waals surface area contributed by atoms with Gasteiger partial charge in [0.1, 0.15) is 6.04 Å². The Kier molecular flexibility index (Phi) is 6.08. The first kappa shape index (κ1) is 23.4. The minimum absolute atomic E-state index is 0.139. The lowest BCUT2D eigenvalue weighted by molar-refractivity contribution is -0.385. The molecule has 180 valence electrons. The van der Waals surface area contributed by atoms with Gasteiger partial charge in [-0.2, -0.15) is 0 Å². The third-order valence-electron chi connectivity index (χ3n) is 5.64. The summed E-state index contributed by atoms with van der Waals surface area (Å²) in [6.07, 6.45) is 1.40. The molecule has 0 saturated carbocycles. The van der Waals surface area contributed by atoms with Gasteiger partial charge in [-0.05, 0) is 36.6 Å². The second kappa shape index (κ2) is 9.36. The number of rotatable bonds is 5.